The fourth-order valence-electron chi connectivity index (χ4n) is 3.81. The number of carbonyl (C=O) groups excluding carboxylic acids is 4. The highest BCUT2D eigenvalue weighted by Gasteiger charge is 2.47. The first-order valence-electron chi connectivity index (χ1n) is 10.6. The number of hydrogen-bond acceptors (Lipinski definition) is 5. The van der Waals surface area contributed by atoms with Crippen LogP contribution in [0.2, 0.25) is 5.02 Å². The van der Waals surface area contributed by atoms with Crippen LogP contribution in [0.15, 0.2) is 48.5 Å². The van der Waals surface area contributed by atoms with Crippen LogP contribution in [-0.2, 0) is 25.7 Å². The molecule has 32 heavy (non-hydrogen) atoms. The topological polar surface area (TPSA) is 84.0 Å². The number of esters is 1. The number of ether oxygens (including phenoxy) is 1. The quantitative estimate of drug-likeness (QED) is 0.471. The molecule has 0 bridgehead atoms. The smallest absolute Gasteiger partial charge is 0.338 e. The van der Waals surface area contributed by atoms with Crippen molar-refractivity contribution in [3.63, 3.8) is 0 Å². The molecule has 2 aliphatic rings. The number of nitrogens with zero attached hydrogens (tertiary/aromatic N) is 2. The molecule has 2 aromatic rings. The van der Waals surface area contributed by atoms with Crippen LogP contribution in [0.3, 0.4) is 0 Å². The summed E-state index contributed by atoms with van der Waals surface area (Å²) in [4.78, 5) is 53.6. The lowest BCUT2D eigenvalue weighted by Gasteiger charge is -2.28. The highest BCUT2D eigenvalue weighted by molar-refractivity contribution is 6.31. The van der Waals surface area contributed by atoms with E-state index >= 15 is 0 Å². The molecule has 8 heteroatoms. The van der Waals surface area contributed by atoms with Crippen molar-refractivity contribution in [2.24, 2.45) is 5.92 Å². The summed E-state index contributed by atoms with van der Waals surface area (Å²) in [6.45, 7) is 2.13. The SMILES string of the molecule is CCOC(=O)c1ccc(N2C(=O)CC(N(Cc3ccccc3Cl)C(=O)C3CC3)C2=O)cc1. The fourth-order valence-corrected chi connectivity index (χ4v) is 4.00. The van der Waals surface area contributed by atoms with Crippen molar-refractivity contribution in [2.75, 3.05) is 11.5 Å². The Morgan fingerprint density at radius 1 is 1.09 bits per heavy atom. The Balaban J connectivity index is 1.58. The first-order chi connectivity index (χ1) is 15.4. The fraction of sp³-hybridized carbons (Fsp3) is 0.333. The lowest BCUT2D eigenvalue weighted by atomic mass is 10.1. The van der Waals surface area contributed by atoms with Crippen LogP contribution >= 0.6 is 11.6 Å². The first-order valence-corrected chi connectivity index (χ1v) is 11.0. The number of hydrogen-bond donors (Lipinski definition) is 0. The van der Waals surface area contributed by atoms with E-state index in [9.17, 15) is 19.2 Å². The van der Waals surface area contributed by atoms with Crippen LogP contribution in [0.4, 0.5) is 5.69 Å². The van der Waals surface area contributed by atoms with Gasteiger partial charge in [-0.05, 0) is 55.7 Å². The average Bonchev–Trinajstić information content (AvgIpc) is 3.59. The van der Waals surface area contributed by atoms with Crippen molar-refractivity contribution >= 4 is 41.0 Å². The number of imide groups is 1. The third-order valence-electron chi connectivity index (χ3n) is 5.64. The second-order valence-corrected chi connectivity index (χ2v) is 8.29. The summed E-state index contributed by atoms with van der Waals surface area (Å²) in [5.74, 6) is -1.57. The van der Waals surface area contributed by atoms with Crippen molar-refractivity contribution in [2.45, 2.75) is 38.8 Å². The first kappa shape index (κ1) is 22.0. The molecule has 1 saturated carbocycles. The van der Waals surface area contributed by atoms with Crippen LogP contribution in [0, 0.1) is 5.92 Å². The van der Waals surface area contributed by atoms with Gasteiger partial charge in [-0.1, -0.05) is 29.8 Å². The lowest BCUT2D eigenvalue weighted by molar-refractivity contribution is -0.140. The molecule has 2 fully saturated rings. The molecule has 166 valence electrons. The van der Waals surface area contributed by atoms with Gasteiger partial charge < -0.3 is 9.64 Å². The summed E-state index contributed by atoms with van der Waals surface area (Å²) in [5, 5.41) is 0.504. The number of halogens is 1. The minimum Gasteiger partial charge on any atom is -0.462 e. The van der Waals surface area contributed by atoms with Gasteiger partial charge in [-0.25, -0.2) is 9.69 Å². The molecule has 3 amide bonds. The maximum Gasteiger partial charge on any atom is 0.338 e. The van der Waals surface area contributed by atoms with E-state index in [1.165, 1.54) is 29.2 Å². The summed E-state index contributed by atoms with van der Waals surface area (Å²) >= 11 is 6.29. The van der Waals surface area contributed by atoms with Crippen LogP contribution in [0.25, 0.3) is 0 Å². The van der Waals surface area contributed by atoms with E-state index in [-0.39, 0.29) is 31.4 Å². The molecular formula is C24H23ClN2O5. The van der Waals surface area contributed by atoms with Crippen molar-refractivity contribution < 1.29 is 23.9 Å². The number of rotatable bonds is 7. The van der Waals surface area contributed by atoms with E-state index in [1.54, 1.807) is 19.1 Å². The lowest BCUT2D eigenvalue weighted by Crippen LogP contribution is -2.45. The normalized spacial score (nSPS) is 18.1. The summed E-state index contributed by atoms with van der Waals surface area (Å²) in [5.41, 5.74) is 1.41. The molecule has 1 heterocycles. The molecule has 0 radical (unpaired) electrons. The predicted molar refractivity (Wildman–Crippen MR) is 118 cm³/mol. The Morgan fingerprint density at radius 3 is 2.41 bits per heavy atom. The van der Waals surface area contributed by atoms with Crippen LogP contribution in [0.1, 0.15) is 42.1 Å². The summed E-state index contributed by atoms with van der Waals surface area (Å²) < 4.78 is 4.96. The largest absolute Gasteiger partial charge is 0.462 e. The molecule has 0 spiro atoms. The predicted octanol–water partition coefficient (Wildman–Crippen LogP) is 3.59. The van der Waals surface area contributed by atoms with Gasteiger partial charge in [0.15, 0.2) is 0 Å². The van der Waals surface area contributed by atoms with Crippen molar-refractivity contribution in [1.82, 2.24) is 4.90 Å². The summed E-state index contributed by atoms with van der Waals surface area (Å²) in [6, 6.07) is 12.4. The van der Waals surface area contributed by atoms with Crippen LogP contribution in [0.5, 0.6) is 0 Å². The highest BCUT2D eigenvalue weighted by Crippen LogP contribution is 2.35. The van der Waals surface area contributed by atoms with Crippen LogP contribution < -0.4 is 4.90 Å². The number of anilines is 1. The molecule has 2 aromatic carbocycles. The molecule has 1 aliphatic carbocycles. The van der Waals surface area contributed by atoms with E-state index in [2.05, 4.69) is 0 Å². The molecule has 1 atom stereocenters. The Morgan fingerprint density at radius 2 is 1.78 bits per heavy atom. The van der Waals surface area contributed by atoms with Gasteiger partial charge in [-0.15, -0.1) is 0 Å². The van der Waals surface area contributed by atoms with Gasteiger partial charge in [0.1, 0.15) is 6.04 Å². The minimum atomic E-state index is -0.892. The average molecular weight is 455 g/mol. The second kappa shape index (κ2) is 9.12. The molecule has 1 unspecified atom stereocenters. The molecule has 0 N–H and O–H groups in total. The maximum absolute atomic E-state index is 13.3. The van der Waals surface area contributed by atoms with Gasteiger partial charge in [0.2, 0.25) is 11.8 Å². The van der Waals surface area contributed by atoms with Gasteiger partial charge in [0.05, 0.1) is 24.3 Å². The molecular weight excluding hydrogens is 432 g/mol. The minimum absolute atomic E-state index is 0.0959. The van der Waals surface area contributed by atoms with E-state index in [1.807, 2.05) is 12.1 Å². The zero-order valence-corrected chi connectivity index (χ0v) is 18.4. The monoisotopic (exact) mass is 454 g/mol. The number of amides is 3. The second-order valence-electron chi connectivity index (χ2n) is 7.89. The van der Waals surface area contributed by atoms with Gasteiger partial charge in [-0.2, -0.15) is 0 Å². The number of benzene rings is 2. The van der Waals surface area contributed by atoms with Gasteiger partial charge in [0.25, 0.3) is 5.91 Å². The van der Waals surface area contributed by atoms with Gasteiger partial charge in [-0.3, -0.25) is 14.4 Å². The molecule has 7 nitrogen and oxygen atoms in total. The Kier molecular flexibility index (Phi) is 6.28. The zero-order valence-electron chi connectivity index (χ0n) is 17.6. The molecule has 1 saturated heterocycles. The Bertz CT molecular complexity index is 1060. The van der Waals surface area contributed by atoms with Gasteiger partial charge in [0, 0.05) is 17.5 Å². The van der Waals surface area contributed by atoms with E-state index in [0.29, 0.717) is 16.3 Å². The molecule has 4 rings (SSSR count). The molecule has 0 aromatic heterocycles. The number of carbonyl (C=O) groups is 4. The van der Waals surface area contributed by atoms with E-state index < -0.39 is 23.8 Å². The third-order valence-corrected chi connectivity index (χ3v) is 6.01. The highest BCUT2D eigenvalue weighted by atomic mass is 35.5. The van der Waals surface area contributed by atoms with Crippen LogP contribution in [-0.4, -0.2) is 41.2 Å². The van der Waals surface area contributed by atoms with Crippen molar-refractivity contribution in [3.8, 4) is 0 Å². The Hall–Kier alpha value is -3.19. The van der Waals surface area contributed by atoms with Crippen molar-refractivity contribution in [3.05, 3.63) is 64.7 Å². The van der Waals surface area contributed by atoms with E-state index in [4.69, 9.17) is 16.3 Å². The zero-order chi connectivity index (χ0) is 22.8. The van der Waals surface area contributed by atoms with Crippen molar-refractivity contribution in [1.29, 1.82) is 0 Å². The standard InChI is InChI=1S/C24H23ClN2O5/c1-2-32-24(31)16-9-11-18(12-10-16)27-21(28)13-20(23(27)30)26(22(29)15-7-8-15)14-17-5-3-4-6-19(17)25/h3-6,9-12,15,20H,2,7-8,13-14H2,1H3. The molecule has 1 aliphatic heterocycles. The maximum atomic E-state index is 13.3. The summed E-state index contributed by atoms with van der Waals surface area (Å²) in [6.07, 6.45) is 1.47. The van der Waals surface area contributed by atoms with E-state index in [0.717, 1.165) is 23.3 Å². The van der Waals surface area contributed by atoms with Gasteiger partial charge >= 0.3 is 5.97 Å². The third kappa shape index (κ3) is 4.39. The Labute approximate surface area is 190 Å². The summed E-state index contributed by atoms with van der Waals surface area (Å²) in [7, 11) is 0.